The van der Waals surface area contributed by atoms with E-state index in [1.165, 1.54) is 48.5 Å². The first kappa shape index (κ1) is 25.0. The smallest absolute Gasteiger partial charge is 0.147 e. The van der Waals surface area contributed by atoms with E-state index in [-0.39, 0.29) is 0 Å². The number of fused-ring (bicyclic) bond motifs is 2. The number of thioether (sulfide) groups is 1. The van der Waals surface area contributed by atoms with Gasteiger partial charge in [-0.15, -0.1) is 23.1 Å². The van der Waals surface area contributed by atoms with Crippen molar-refractivity contribution in [3.63, 3.8) is 0 Å². The zero-order chi connectivity index (χ0) is 26.4. The zero-order valence-corrected chi connectivity index (χ0v) is 24.2. The Kier molecular flexibility index (Phi) is 6.63. The Morgan fingerprint density at radius 3 is 2.13 bits per heavy atom. The van der Waals surface area contributed by atoms with Gasteiger partial charge < -0.3 is 0 Å². The summed E-state index contributed by atoms with van der Waals surface area (Å²) in [6.07, 6.45) is 2.14. The first-order chi connectivity index (χ1) is 18.5. The Labute approximate surface area is 233 Å². The maximum atomic E-state index is 5.28. The van der Waals surface area contributed by atoms with Crippen molar-refractivity contribution >= 4 is 44.2 Å². The van der Waals surface area contributed by atoms with Crippen LogP contribution in [-0.2, 0) is 0 Å². The van der Waals surface area contributed by atoms with Gasteiger partial charge in [-0.1, -0.05) is 70.2 Å². The van der Waals surface area contributed by atoms with Gasteiger partial charge in [-0.2, -0.15) is 0 Å². The number of thiophene rings is 1. The number of hydrogen-bond donors (Lipinski definition) is 0. The molecule has 0 N–H and O–H groups in total. The summed E-state index contributed by atoms with van der Waals surface area (Å²) in [4.78, 5) is 6.56. The Bertz CT molecular complexity index is 1730. The van der Waals surface area contributed by atoms with Crippen molar-refractivity contribution in [3.05, 3.63) is 101 Å². The van der Waals surface area contributed by atoms with Gasteiger partial charge in [0.15, 0.2) is 0 Å². The van der Waals surface area contributed by atoms with Gasteiger partial charge in [-0.05, 0) is 82.8 Å². The van der Waals surface area contributed by atoms with Crippen molar-refractivity contribution in [3.8, 4) is 28.2 Å². The molecule has 2 heterocycles. The zero-order valence-electron chi connectivity index (χ0n) is 22.5. The molecule has 0 fully saturated rings. The quantitative estimate of drug-likeness (QED) is 0.199. The Morgan fingerprint density at radius 1 is 0.763 bits per heavy atom. The molecule has 0 saturated carbocycles. The lowest BCUT2D eigenvalue weighted by Gasteiger charge is -2.24. The van der Waals surface area contributed by atoms with Gasteiger partial charge in [0, 0.05) is 25.9 Å². The molecule has 38 heavy (non-hydrogen) atoms. The average molecular weight is 533 g/mol. The van der Waals surface area contributed by atoms with Crippen molar-refractivity contribution in [1.82, 2.24) is 9.55 Å². The van der Waals surface area contributed by atoms with Gasteiger partial charge in [0.1, 0.15) is 5.82 Å². The first-order valence-corrected chi connectivity index (χ1v) is 15.3. The van der Waals surface area contributed by atoms with Crippen LogP contribution in [0.4, 0.5) is 0 Å². The number of hydrogen-bond acceptors (Lipinski definition) is 3. The molecule has 4 aromatic carbocycles. The second kappa shape index (κ2) is 10.1. The van der Waals surface area contributed by atoms with Crippen molar-refractivity contribution in [2.45, 2.75) is 44.4 Å². The third-order valence-electron chi connectivity index (χ3n) is 7.33. The van der Waals surface area contributed by atoms with E-state index < -0.39 is 0 Å². The summed E-state index contributed by atoms with van der Waals surface area (Å²) >= 11 is 3.59. The molecule has 0 aliphatic carbocycles. The number of imidazole rings is 1. The minimum atomic E-state index is 0.350. The van der Waals surface area contributed by atoms with E-state index in [0.29, 0.717) is 11.8 Å². The highest BCUT2D eigenvalue weighted by Gasteiger charge is 2.24. The summed E-state index contributed by atoms with van der Waals surface area (Å²) in [7, 11) is 0. The molecule has 0 bridgehead atoms. The van der Waals surface area contributed by atoms with Crippen LogP contribution in [-0.4, -0.2) is 15.8 Å². The largest absolute Gasteiger partial charge is 0.292 e. The van der Waals surface area contributed by atoms with Crippen LogP contribution in [0.5, 0.6) is 0 Å². The third kappa shape index (κ3) is 4.26. The summed E-state index contributed by atoms with van der Waals surface area (Å²) in [6.45, 7) is 9.23. The molecule has 0 amide bonds. The molecule has 0 aliphatic rings. The highest BCUT2D eigenvalue weighted by molar-refractivity contribution is 7.98. The van der Waals surface area contributed by atoms with Crippen LogP contribution < -0.4 is 0 Å². The summed E-state index contributed by atoms with van der Waals surface area (Å²) in [6, 6.07) is 30.9. The van der Waals surface area contributed by atoms with E-state index >= 15 is 0 Å². The van der Waals surface area contributed by atoms with Crippen LogP contribution >= 0.6 is 23.1 Å². The Hall–Kier alpha value is -3.34. The van der Waals surface area contributed by atoms with Gasteiger partial charge in [0.2, 0.25) is 0 Å². The van der Waals surface area contributed by atoms with Gasteiger partial charge >= 0.3 is 0 Å². The molecule has 0 unspecified atom stereocenters. The molecular weight excluding hydrogens is 501 g/mol. The number of nitrogens with zero attached hydrogens (tertiary/aromatic N) is 2. The summed E-state index contributed by atoms with van der Waals surface area (Å²) in [5, 5.41) is 3.56. The maximum Gasteiger partial charge on any atom is 0.147 e. The molecule has 2 nitrogen and oxygen atoms in total. The molecule has 0 radical (unpaired) electrons. The fourth-order valence-electron chi connectivity index (χ4n) is 5.36. The summed E-state index contributed by atoms with van der Waals surface area (Å²) in [5.41, 5.74) is 9.89. The van der Waals surface area contributed by atoms with Crippen molar-refractivity contribution in [2.75, 3.05) is 6.26 Å². The molecule has 6 aromatic rings. The van der Waals surface area contributed by atoms with Gasteiger partial charge in [-0.25, -0.2) is 4.98 Å². The first-order valence-electron chi connectivity index (χ1n) is 13.2. The fraction of sp³-hybridized carbons (Fsp3) is 0.206. The normalized spacial score (nSPS) is 11.9. The van der Waals surface area contributed by atoms with Crippen molar-refractivity contribution < 1.29 is 0 Å². The Morgan fingerprint density at radius 2 is 1.45 bits per heavy atom. The molecule has 0 spiro atoms. The van der Waals surface area contributed by atoms with E-state index in [1.807, 2.05) is 0 Å². The van der Waals surface area contributed by atoms with Crippen molar-refractivity contribution in [1.29, 1.82) is 0 Å². The molecule has 6 rings (SSSR count). The maximum absolute atomic E-state index is 5.28. The lowest BCUT2D eigenvalue weighted by atomic mass is 9.88. The summed E-state index contributed by atoms with van der Waals surface area (Å²) in [5.74, 6) is 1.72. The average Bonchev–Trinajstić information content (AvgIpc) is 3.53. The van der Waals surface area contributed by atoms with E-state index in [4.69, 9.17) is 4.98 Å². The number of benzene rings is 4. The van der Waals surface area contributed by atoms with Crippen LogP contribution in [0.2, 0.25) is 0 Å². The Balaban J connectivity index is 1.71. The predicted octanol–water partition coefficient (Wildman–Crippen LogP) is 10.5. The van der Waals surface area contributed by atoms with Gasteiger partial charge in [0.25, 0.3) is 0 Å². The predicted molar refractivity (Wildman–Crippen MR) is 167 cm³/mol. The molecule has 0 saturated heterocycles. The lowest BCUT2D eigenvalue weighted by molar-refractivity contribution is 0.812. The fourth-order valence-corrected chi connectivity index (χ4v) is 6.72. The highest BCUT2D eigenvalue weighted by Crippen LogP contribution is 2.42. The van der Waals surface area contributed by atoms with E-state index in [9.17, 15) is 0 Å². The van der Waals surface area contributed by atoms with Crippen LogP contribution in [0.3, 0.4) is 0 Å². The van der Waals surface area contributed by atoms with E-state index in [2.05, 4.69) is 129 Å². The van der Waals surface area contributed by atoms with E-state index in [1.54, 1.807) is 23.1 Å². The second-order valence-corrected chi connectivity index (χ2v) is 12.2. The molecule has 0 aliphatic heterocycles. The minimum Gasteiger partial charge on any atom is -0.292 e. The monoisotopic (exact) mass is 532 g/mol. The number of para-hydroxylation sites is 2. The molecule has 2 aromatic heterocycles. The lowest BCUT2D eigenvalue weighted by Crippen LogP contribution is -2.09. The number of rotatable bonds is 6. The van der Waals surface area contributed by atoms with Crippen LogP contribution in [0.25, 0.3) is 49.3 Å². The molecule has 190 valence electrons. The van der Waals surface area contributed by atoms with Gasteiger partial charge in [0.05, 0.1) is 16.7 Å². The van der Waals surface area contributed by atoms with Gasteiger partial charge in [-0.3, -0.25) is 4.57 Å². The molecular formula is C34H32N2S2. The van der Waals surface area contributed by atoms with Crippen LogP contribution in [0.1, 0.15) is 50.7 Å². The second-order valence-electron chi connectivity index (χ2n) is 10.4. The highest BCUT2D eigenvalue weighted by atomic mass is 32.2. The standard InChI is InChI=1S/C34H32N2S2/c1-21(2)26-17-24(23-11-7-6-8-12-23)18-27(22(3)4)33(26)36-31-14-10-9-13-30(31)35-34(36)29-20-38-32-16-15-25(37-5)19-28(29)32/h6-22H,1-5H3. The topological polar surface area (TPSA) is 17.8 Å². The minimum absolute atomic E-state index is 0.350. The van der Waals surface area contributed by atoms with Crippen LogP contribution in [0, 0.1) is 0 Å². The van der Waals surface area contributed by atoms with Crippen LogP contribution in [0.15, 0.2) is 95.2 Å². The SMILES string of the molecule is CSc1ccc2scc(-c3nc4ccccc4n3-c3c(C(C)C)cc(-c4ccccc4)cc3C(C)C)c2c1. The third-order valence-corrected chi connectivity index (χ3v) is 9.01. The van der Waals surface area contributed by atoms with E-state index in [0.717, 1.165) is 16.9 Å². The number of aromatic nitrogens is 2. The summed E-state index contributed by atoms with van der Waals surface area (Å²) < 4.78 is 3.74. The molecule has 0 atom stereocenters. The van der Waals surface area contributed by atoms with Crippen molar-refractivity contribution in [2.24, 2.45) is 0 Å². The molecule has 4 heteroatoms.